The number of rotatable bonds is 2. The van der Waals surface area contributed by atoms with Gasteiger partial charge >= 0.3 is 12.2 Å². The maximum absolute atomic E-state index is 13.3. The third kappa shape index (κ3) is 3.88. The molecular weight excluding hydrogens is 448 g/mol. The molecule has 3 heterocycles. The van der Waals surface area contributed by atoms with Gasteiger partial charge in [0.1, 0.15) is 5.82 Å². The Labute approximate surface area is 184 Å². The van der Waals surface area contributed by atoms with Crippen LogP contribution in [0.1, 0.15) is 36.8 Å². The first-order chi connectivity index (χ1) is 14.9. The molecule has 1 saturated carbocycles. The number of benzene rings is 1. The fourth-order valence-electron chi connectivity index (χ4n) is 6.32. The molecule has 5 rings (SSSR count). The highest BCUT2D eigenvalue weighted by atomic mass is 32.2. The maximum atomic E-state index is 13.3. The topological polar surface area (TPSA) is 57.7 Å². The summed E-state index contributed by atoms with van der Waals surface area (Å²) in [5.74, 6) is -0.308. The third-order valence-electron chi connectivity index (χ3n) is 7.80. The van der Waals surface area contributed by atoms with Crippen molar-refractivity contribution in [1.29, 1.82) is 0 Å². The Morgan fingerprint density at radius 3 is 2.22 bits per heavy atom. The van der Waals surface area contributed by atoms with Crippen molar-refractivity contribution in [3.05, 3.63) is 35.1 Å². The van der Waals surface area contributed by atoms with Gasteiger partial charge in [0.15, 0.2) is 9.84 Å². The van der Waals surface area contributed by atoms with Gasteiger partial charge < -0.3 is 9.80 Å². The molecule has 0 bridgehead atoms. The Hall–Kier alpha value is -1.84. The molecule has 4 fully saturated rings. The van der Waals surface area contributed by atoms with Crippen molar-refractivity contribution in [2.75, 3.05) is 37.7 Å². The Morgan fingerprint density at radius 2 is 1.66 bits per heavy atom. The highest BCUT2D eigenvalue weighted by Gasteiger charge is 2.55. The van der Waals surface area contributed by atoms with Crippen molar-refractivity contribution < 1.29 is 30.8 Å². The van der Waals surface area contributed by atoms with Crippen LogP contribution in [0.25, 0.3) is 0 Å². The maximum Gasteiger partial charge on any atom is 0.416 e. The number of amides is 2. The lowest BCUT2D eigenvalue weighted by Gasteiger charge is -2.60. The van der Waals surface area contributed by atoms with Gasteiger partial charge in [0.25, 0.3) is 0 Å². The standard InChI is InChI=1S/C22H26F4N2O3S/c23-17-2-1-16(18(8-17)22(24,25)26)7-15-9-21(10-15)11-28(12-21)19(29)27-5-3-20(4-6-27)13-32(30,31)14-20/h1-2,8,15H,3-7,9-14H2. The second-order valence-electron chi connectivity index (χ2n) is 10.4. The first-order valence-electron chi connectivity index (χ1n) is 11.0. The van der Waals surface area contributed by atoms with E-state index in [4.69, 9.17) is 0 Å². The summed E-state index contributed by atoms with van der Waals surface area (Å²) in [6.45, 7) is 2.39. The van der Waals surface area contributed by atoms with Crippen molar-refractivity contribution in [1.82, 2.24) is 9.80 Å². The Kier molecular flexibility index (Phi) is 4.86. The van der Waals surface area contributed by atoms with E-state index in [2.05, 4.69) is 0 Å². The molecule has 0 atom stereocenters. The van der Waals surface area contributed by atoms with Crippen LogP contribution in [0.3, 0.4) is 0 Å². The van der Waals surface area contributed by atoms with E-state index in [1.807, 2.05) is 0 Å². The zero-order valence-electron chi connectivity index (χ0n) is 17.6. The zero-order chi connectivity index (χ0) is 22.9. The Morgan fingerprint density at radius 1 is 1.03 bits per heavy atom. The molecule has 0 unspecified atom stereocenters. The molecule has 1 aliphatic carbocycles. The summed E-state index contributed by atoms with van der Waals surface area (Å²) in [7, 11) is -2.88. The smallest absolute Gasteiger partial charge is 0.325 e. The van der Waals surface area contributed by atoms with Crippen LogP contribution in [-0.4, -0.2) is 61.9 Å². The van der Waals surface area contributed by atoms with Crippen molar-refractivity contribution >= 4 is 15.9 Å². The van der Waals surface area contributed by atoms with E-state index in [0.29, 0.717) is 32.2 Å². The lowest BCUT2D eigenvalue weighted by atomic mass is 9.56. The van der Waals surface area contributed by atoms with Crippen molar-refractivity contribution in [3.63, 3.8) is 0 Å². The van der Waals surface area contributed by atoms with Crippen LogP contribution in [0.2, 0.25) is 0 Å². The lowest BCUT2D eigenvalue weighted by molar-refractivity contribution is -0.138. The average molecular weight is 475 g/mol. The van der Waals surface area contributed by atoms with Crippen LogP contribution >= 0.6 is 0 Å². The van der Waals surface area contributed by atoms with E-state index < -0.39 is 27.4 Å². The molecule has 3 aliphatic heterocycles. The number of alkyl halides is 3. The zero-order valence-corrected chi connectivity index (χ0v) is 18.4. The molecule has 0 aromatic heterocycles. The molecule has 10 heteroatoms. The predicted molar refractivity (Wildman–Crippen MR) is 109 cm³/mol. The first kappa shape index (κ1) is 22.0. The molecule has 4 aliphatic rings. The minimum atomic E-state index is -4.57. The van der Waals surface area contributed by atoms with Crippen LogP contribution in [0.5, 0.6) is 0 Å². The minimum Gasteiger partial charge on any atom is -0.325 e. The largest absolute Gasteiger partial charge is 0.416 e. The summed E-state index contributed by atoms with van der Waals surface area (Å²) in [6, 6.07) is 2.85. The highest BCUT2D eigenvalue weighted by molar-refractivity contribution is 7.92. The fourth-order valence-corrected chi connectivity index (χ4v) is 8.68. The Bertz CT molecular complexity index is 1020. The molecule has 1 aromatic rings. The Balaban J connectivity index is 1.10. The van der Waals surface area contributed by atoms with Crippen LogP contribution in [-0.2, 0) is 22.4 Å². The molecule has 0 radical (unpaired) electrons. The van der Waals surface area contributed by atoms with Crippen LogP contribution in [0.4, 0.5) is 22.4 Å². The van der Waals surface area contributed by atoms with E-state index in [0.717, 1.165) is 31.7 Å². The number of carbonyl (C=O) groups excluding carboxylic acids is 1. The van der Waals surface area contributed by atoms with Gasteiger partial charge in [-0.15, -0.1) is 0 Å². The molecule has 32 heavy (non-hydrogen) atoms. The predicted octanol–water partition coefficient (Wildman–Crippen LogP) is 3.73. The molecule has 1 aromatic carbocycles. The summed E-state index contributed by atoms with van der Waals surface area (Å²) in [4.78, 5) is 16.4. The minimum absolute atomic E-state index is 0.00217. The summed E-state index contributed by atoms with van der Waals surface area (Å²) < 4.78 is 76.0. The van der Waals surface area contributed by atoms with Gasteiger partial charge in [-0.25, -0.2) is 17.6 Å². The van der Waals surface area contributed by atoms with Gasteiger partial charge in [-0.05, 0) is 55.7 Å². The number of hydrogen-bond acceptors (Lipinski definition) is 3. The SMILES string of the molecule is O=C(N1CCC2(CC1)CS(=O)(=O)C2)N1CC2(CC(Cc3ccc(F)cc3C(F)(F)F)C2)C1. The monoisotopic (exact) mass is 474 g/mol. The van der Waals surface area contributed by atoms with Crippen molar-refractivity contribution in [2.24, 2.45) is 16.7 Å². The molecule has 5 nitrogen and oxygen atoms in total. The van der Waals surface area contributed by atoms with Crippen molar-refractivity contribution in [3.8, 4) is 0 Å². The summed E-state index contributed by atoms with van der Waals surface area (Å²) in [5, 5.41) is 0. The van der Waals surface area contributed by atoms with E-state index in [1.165, 1.54) is 6.07 Å². The molecular formula is C22H26F4N2O3S. The summed E-state index contributed by atoms with van der Waals surface area (Å²) >= 11 is 0. The molecule has 0 N–H and O–H groups in total. The highest BCUT2D eigenvalue weighted by Crippen LogP contribution is 2.53. The van der Waals surface area contributed by atoms with Gasteiger partial charge in [-0.2, -0.15) is 13.2 Å². The number of carbonyl (C=O) groups is 1. The first-order valence-corrected chi connectivity index (χ1v) is 12.8. The third-order valence-corrected chi connectivity index (χ3v) is 9.90. The molecule has 176 valence electrons. The molecule has 3 saturated heterocycles. The lowest BCUT2D eigenvalue weighted by Crippen LogP contribution is -2.67. The number of likely N-dealkylation sites (tertiary alicyclic amines) is 2. The van der Waals surface area contributed by atoms with E-state index in [1.54, 1.807) is 9.80 Å². The van der Waals surface area contributed by atoms with Gasteiger partial charge in [0, 0.05) is 37.0 Å². The second kappa shape index (κ2) is 7.08. The van der Waals surface area contributed by atoms with Crippen LogP contribution < -0.4 is 0 Å². The summed E-state index contributed by atoms with van der Waals surface area (Å²) in [6.07, 6.45) is -1.33. The van der Waals surface area contributed by atoms with Crippen LogP contribution in [0.15, 0.2) is 18.2 Å². The number of urea groups is 1. The van der Waals surface area contributed by atoms with Gasteiger partial charge in [-0.3, -0.25) is 0 Å². The molecule has 2 spiro atoms. The number of halogens is 4. The van der Waals surface area contributed by atoms with E-state index >= 15 is 0 Å². The van der Waals surface area contributed by atoms with E-state index in [-0.39, 0.29) is 46.3 Å². The van der Waals surface area contributed by atoms with E-state index in [9.17, 15) is 30.8 Å². The van der Waals surface area contributed by atoms with Gasteiger partial charge in [0.05, 0.1) is 17.1 Å². The second-order valence-corrected chi connectivity index (χ2v) is 12.5. The number of piperidine rings is 1. The van der Waals surface area contributed by atoms with Gasteiger partial charge in [0.2, 0.25) is 0 Å². The normalized spacial score (nSPS) is 25.9. The number of hydrogen-bond donors (Lipinski definition) is 0. The quantitative estimate of drug-likeness (QED) is 0.614. The van der Waals surface area contributed by atoms with Crippen LogP contribution in [0, 0.1) is 22.6 Å². The fraction of sp³-hybridized carbons (Fsp3) is 0.682. The number of sulfone groups is 1. The van der Waals surface area contributed by atoms with Crippen molar-refractivity contribution in [2.45, 2.75) is 38.3 Å². The van der Waals surface area contributed by atoms with Gasteiger partial charge in [-0.1, -0.05) is 6.07 Å². The summed E-state index contributed by atoms with van der Waals surface area (Å²) in [5.41, 5.74) is -0.905. The number of nitrogens with zero attached hydrogens (tertiary/aromatic N) is 2. The molecule has 2 amide bonds. The average Bonchev–Trinajstić information content (AvgIpc) is 2.61.